The van der Waals surface area contributed by atoms with Gasteiger partial charge in [-0.2, -0.15) is 0 Å². The topological polar surface area (TPSA) is 414 Å². The Kier molecular flexibility index (Phi) is 19.1. The second-order valence-electron chi connectivity index (χ2n) is 26.7. The van der Waals surface area contributed by atoms with Crippen molar-refractivity contribution in [2.24, 2.45) is 52.3 Å². The van der Waals surface area contributed by atoms with E-state index in [1.807, 2.05) is 0 Å². The molecule has 15 N–H and O–H groups in total. The van der Waals surface area contributed by atoms with Gasteiger partial charge in [-0.1, -0.05) is 27.7 Å². The van der Waals surface area contributed by atoms with Gasteiger partial charge in [-0.25, -0.2) is 0 Å². The van der Waals surface area contributed by atoms with E-state index in [-0.39, 0.29) is 23.0 Å². The number of fused-ring (bicyclic) bond motifs is 7. The van der Waals surface area contributed by atoms with Gasteiger partial charge in [0, 0.05) is 12.3 Å². The second kappa shape index (κ2) is 25.0. The molecule has 83 heavy (non-hydrogen) atoms. The highest BCUT2D eigenvalue weighted by Gasteiger charge is 2.70. The van der Waals surface area contributed by atoms with Crippen molar-refractivity contribution in [3.63, 3.8) is 0 Å². The molecule has 11 aliphatic rings. The van der Waals surface area contributed by atoms with E-state index in [9.17, 15) is 76.6 Å². The van der Waals surface area contributed by atoms with Crippen LogP contribution in [0.4, 0.5) is 0 Å². The highest BCUT2D eigenvalue weighted by molar-refractivity contribution is 5.16. The van der Waals surface area contributed by atoms with Crippen molar-refractivity contribution in [1.82, 2.24) is 0 Å². The average molecular weight is 1200 g/mol. The molecule has 478 valence electrons. The van der Waals surface area contributed by atoms with Crippen LogP contribution in [0.1, 0.15) is 91.9 Å². The monoisotopic (exact) mass is 1200 g/mol. The normalized spacial score (nSPS) is 57.4. The summed E-state index contributed by atoms with van der Waals surface area (Å²) in [4.78, 5) is 0. The Labute approximate surface area is 481 Å². The van der Waals surface area contributed by atoms with E-state index < -0.39 is 186 Å². The Morgan fingerprint density at radius 3 is 1.69 bits per heavy atom. The van der Waals surface area contributed by atoms with Crippen molar-refractivity contribution < 1.29 is 133 Å². The Balaban J connectivity index is 0.789. The Morgan fingerprint density at radius 1 is 0.446 bits per heavy atom. The van der Waals surface area contributed by atoms with Crippen LogP contribution >= 0.6 is 0 Å². The van der Waals surface area contributed by atoms with Gasteiger partial charge in [0.1, 0.15) is 116 Å². The SMILES string of the molecule is C[C@@H]1CC[C@@]2(OC1)O[C@H]1C[C@H]3[C@@H]4CC[C@H]5C[C@@H](O[C@@H]6O[C@H](CO)[C@H](O[C@@H]7O[C@H](CO)[C@@H](O)[C@H](O[C@@H]8O[C@H](CO)[C@@H](O)[C@H](O)[C@H]8O)[C@H]7O[C@@H]7O[C@H](CO)[C@@H](O)[C@H](O[C@@H]8OC[C@@H](O)[C@H](O)[C@H]8O)[C@H]7O)[C@H](O)[C@H]6O)CC[C@]5(C)[C@H]4CC[C@]3(C)[C@H]1[C@@H]2C. The fourth-order valence-electron chi connectivity index (χ4n) is 17.4. The number of ether oxygens (including phenoxy) is 12. The van der Waals surface area contributed by atoms with Gasteiger partial charge >= 0.3 is 0 Å². The Hall–Kier alpha value is -1.08. The Morgan fingerprint density at radius 2 is 1.01 bits per heavy atom. The minimum atomic E-state index is -2.14. The van der Waals surface area contributed by atoms with Crippen LogP contribution in [-0.4, -0.2) is 282 Å². The molecule has 0 aromatic carbocycles. The fraction of sp³-hybridized carbons (Fsp3) is 1.00. The summed E-state index contributed by atoms with van der Waals surface area (Å²) < 4.78 is 73.4. The highest BCUT2D eigenvalue weighted by atomic mass is 16.8. The predicted molar refractivity (Wildman–Crippen MR) is 275 cm³/mol. The lowest BCUT2D eigenvalue weighted by Gasteiger charge is -2.61. The van der Waals surface area contributed by atoms with Crippen LogP contribution in [0.5, 0.6) is 0 Å². The fourth-order valence-corrected chi connectivity index (χ4v) is 17.4. The third kappa shape index (κ3) is 11.2. The van der Waals surface area contributed by atoms with Gasteiger partial charge in [-0.3, -0.25) is 0 Å². The summed E-state index contributed by atoms with van der Waals surface area (Å²) >= 11 is 0. The van der Waals surface area contributed by atoms with Gasteiger partial charge in [0.2, 0.25) is 0 Å². The largest absolute Gasteiger partial charge is 0.394 e. The maximum absolute atomic E-state index is 12.0. The van der Waals surface area contributed by atoms with E-state index in [4.69, 9.17) is 56.8 Å². The first kappa shape index (κ1) is 63.5. The van der Waals surface area contributed by atoms with Gasteiger partial charge in [-0.05, 0) is 104 Å². The van der Waals surface area contributed by atoms with E-state index in [1.54, 1.807) is 0 Å². The lowest BCUT2D eigenvalue weighted by Crippen LogP contribution is -2.69. The quantitative estimate of drug-likeness (QED) is 0.0730. The molecule has 0 aromatic heterocycles. The second-order valence-corrected chi connectivity index (χ2v) is 26.7. The zero-order chi connectivity index (χ0) is 59.4. The molecule has 36 atom stereocenters. The van der Waals surface area contributed by atoms with Gasteiger partial charge < -0.3 is 133 Å². The van der Waals surface area contributed by atoms with E-state index >= 15 is 0 Å². The third-order valence-corrected chi connectivity index (χ3v) is 22.1. The molecular weight excluding hydrogens is 1100 g/mol. The molecule has 0 aromatic rings. The minimum absolute atomic E-state index is 0.0467. The molecule has 0 amide bonds. The molecule has 11 rings (SSSR count). The van der Waals surface area contributed by atoms with E-state index in [2.05, 4.69) is 27.7 Å². The molecule has 4 aliphatic carbocycles. The van der Waals surface area contributed by atoms with Gasteiger partial charge in [0.05, 0.1) is 51.8 Å². The van der Waals surface area contributed by atoms with Crippen molar-refractivity contribution in [1.29, 1.82) is 0 Å². The van der Waals surface area contributed by atoms with E-state index in [0.717, 1.165) is 58.0 Å². The van der Waals surface area contributed by atoms with Crippen LogP contribution in [0, 0.1) is 52.3 Å². The summed E-state index contributed by atoms with van der Waals surface area (Å²) in [6.45, 7) is 6.13. The van der Waals surface area contributed by atoms with Crippen LogP contribution in [-0.2, 0) is 56.8 Å². The zero-order valence-corrected chi connectivity index (χ0v) is 47.5. The summed E-state index contributed by atoms with van der Waals surface area (Å²) in [6, 6.07) is 0. The zero-order valence-electron chi connectivity index (χ0n) is 47.5. The molecular formula is C56H92O27. The number of hydrogen-bond donors (Lipinski definition) is 15. The predicted octanol–water partition coefficient (Wildman–Crippen LogP) is -4.45. The van der Waals surface area contributed by atoms with Crippen LogP contribution in [0.2, 0.25) is 0 Å². The number of aliphatic hydroxyl groups excluding tert-OH is 15. The molecule has 27 heteroatoms. The first-order chi connectivity index (χ1) is 39.5. The molecule has 11 fully saturated rings. The minimum Gasteiger partial charge on any atom is -0.394 e. The average Bonchev–Trinajstić information content (AvgIpc) is 2.01. The van der Waals surface area contributed by atoms with Gasteiger partial charge in [-0.15, -0.1) is 0 Å². The van der Waals surface area contributed by atoms with Crippen LogP contribution < -0.4 is 0 Å². The van der Waals surface area contributed by atoms with Crippen molar-refractivity contribution in [3.8, 4) is 0 Å². The molecule has 0 radical (unpaired) electrons. The maximum atomic E-state index is 12.0. The summed E-state index contributed by atoms with van der Waals surface area (Å²) in [7, 11) is 0. The Bertz CT molecular complexity index is 2140. The lowest BCUT2D eigenvalue weighted by atomic mass is 9.44. The molecule has 4 saturated carbocycles. The number of hydrogen-bond acceptors (Lipinski definition) is 27. The van der Waals surface area contributed by atoms with E-state index in [1.165, 1.54) is 0 Å². The van der Waals surface area contributed by atoms with E-state index in [0.29, 0.717) is 54.3 Å². The van der Waals surface area contributed by atoms with Crippen LogP contribution in [0.25, 0.3) is 0 Å². The molecule has 0 unspecified atom stereocenters. The smallest absolute Gasteiger partial charge is 0.187 e. The molecule has 1 spiro atoms. The van der Waals surface area contributed by atoms with Gasteiger partial charge in [0.25, 0.3) is 0 Å². The third-order valence-electron chi connectivity index (χ3n) is 22.1. The molecule has 0 bridgehead atoms. The summed E-state index contributed by atoms with van der Waals surface area (Å²) in [5, 5.41) is 164. The molecule has 27 nitrogen and oxygen atoms in total. The first-order valence-electron chi connectivity index (χ1n) is 30.3. The van der Waals surface area contributed by atoms with Crippen LogP contribution in [0.3, 0.4) is 0 Å². The summed E-state index contributed by atoms with van der Waals surface area (Å²) in [5.74, 6) is 2.81. The summed E-state index contributed by atoms with van der Waals surface area (Å²) in [6.07, 6.45) is -34.7. The standard InChI is InChI=1S/C56H92O27/c1-21-7-12-56(73-19-21)22(2)34-29(83-56)14-27-25-6-5-23-13-24(8-10-54(23,3)26(25)9-11-55(27,34)4)74-50-43(70)40(67)45(33(18-60)78-50)79-53-48(47(38(65)32(17-59)77-53)81-51-42(69)39(66)36(63)30(15-57)75-51)82-52-44(71)46(37(64)31(16-58)76-52)80-49-41(68)35(62)28(61)20-72-49/h21-53,57-71H,5-20H2,1-4H3/t21-,22+,23+,24+,25-,26+,27+,28-,29+,30-,31-,32-,33-,34+,35+,36-,37-,38-,39+,40-,41-,42-,43-,44-,45+,46+,47+,48-,49+,50-,51+,52+,53+,54+,55+,56-/m1/s1. The molecule has 7 saturated heterocycles. The summed E-state index contributed by atoms with van der Waals surface area (Å²) in [5.41, 5.74) is 0.216. The van der Waals surface area contributed by atoms with Crippen molar-refractivity contribution in [3.05, 3.63) is 0 Å². The number of rotatable bonds is 14. The lowest BCUT2D eigenvalue weighted by molar-refractivity contribution is -0.410. The molecule has 7 heterocycles. The maximum Gasteiger partial charge on any atom is 0.187 e. The van der Waals surface area contributed by atoms with Crippen molar-refractivity contribution in [2.75, 3.05) is 39.6 Å². The highest BCUT2D eigenvalue weighted by Crippen LogP contribution is 2.71. The first-order valence-corrected chi connectivity index (χ1v) is 30.3. The van der Waals surface area contributed by atoms with Gasteiger partial charge in [0.15, 0.2) is 37.2 Å². The van der Waals surface area contributed by atoms with Crippen molar-refractivity contribution >= 4 is 0 Å². The van der Waals surface area contributed by atoms with Crippen molar-refractivity contribution in [2.45, 2.75) is 257 Å². The molecule has 7 aliphatic heterocycles. The van der Waals surface area contributed by atoms with Crippen LogP contribution in [0.15, 0.2) is 0 Å². The number of aliphatic hydroxyl groups is 15.